The van der Waals surface area contributed by atoms with E-state index in [1.807, 2.05) is 18.7 Å². The van der Waals surface area contributed by atoms with Crippen LogP contribution in [0.3, 0.4) is 0 Å². The van der Waals surface area contributed by atoms with Gasteiger partial charge in [0.2, 0.25) is 5.91 Å². The van der Waals surface area contributed by atoms with Gasteiger partial charge in [0, 0.05) is 13.1 Å². The van der Waals surface area contributed by atoms with Crippen molar-refractivity contribution in [1.29, 1.82) is 0 Å². The molecule has 4 nitrogen and oxygen atoms in total. The van der Waals surface area contributed by atoms with Crippen molar-refractivity contribution in [3.8, 4) is 0 Å². The Kier molecular flexibility index (Phi) is 3.64. The summed E-state index contributed by atoms with van der Waals surface area (Å²) in [6, 6.07) is 0. The molecule has 0 aromatic rings. The molecule has 20 heavy (non-hydrogen) atoms. The molecule has 4 heteroatoms. The van der Waals surface area contributed by atoms with Crippen LogP contribution in [-0.2, 0) is 9.59 Å². The van der Waals surface area contributed by atoms with Crippen LogP contribution in [0.15, 0.2) is 0 Å². The number of carbonyl (C=O) groups is 2. The Labute approximate surface area is 121 Å². The Morgan fingerprint density at radius 3 is 1.95 bits per heavy atom. The van der Waals surface area contributed by atoms with Gasteiger partial charge in [-0.15, -0.1) is 0 Å². The van der Waals surface area contributed by atoms with E-state index in [1.54, 1.807) is 0 Å². The van der Waals surface area contributed by atoms with Crippen molar-refractivity contribution < 1.29 is 14.7 Å². The molecule has 114 valence electrons. The van der Waals surface area contributed by atoms with Crippen molar-refractivity contribution in [2.75, 3.05) is 13.1 Å². The molecule has 1 saturated heterocycles. The minimum absolute atomic E-state index is 0.0507. The molecule has 2 fully saturated rings. The number of nitrogens with zero attached hydrogens (tertiary/aromatic N) is 1. The van der Waals surface area contributed by atoms with Gasteiger partial charge >= 0.3 is 5.97 Å². The van der Waals surface area contributed by atoms with E-state index in [2.05, 4.69) is 20.8 Å². The second-order valence-electron chi connectivity index (χ2n) is 8.08. The maximum atomic E-state index is 12.5. The lowest BCUT2D eigenvalue weighted by Crippen LogP contribution is -2.42. The average Bonchev–Trinajstić information content (AvgIpc) is 2.90. The van der Waals surface area contributed by atoms with Crippen LogP contribution in [0.1, 0.15) is 47.5 Å². The molecule has 1 saturated carbocycles. The van der Waals surface area contributed by atoms with Crippen molar-refractivity contribution in [3.63, 3.8) is 0 Å². The highest BCUT2D eigenvalue weighted by molar-refractivity contribution is 5.91. The van der Waals surface area contributed by atoms with Gasteiger partial charge in [0.05, 0.1) is 11.8 Å². The third-order valence-electron chi connectivity index (χ3n) is 5.39. The summed E-state index contributed by atoms with van der Waals surface area (Å²) in [7, 11) is 0. The number of hydrogen-bond donors (Lipinski definition) is 1. The van der Waals surface area contributed by atoms with Crippen LogP contribution in [-0.4, -0.2) is 35.0 Å². The molecule has 1 heterocycles. The summed E-state index contributed by atoms with van der Waals surface area (Å²) in [6.07, 6.45) is 2.06. The molecule has 1 N–H and O–H groups in total. The summed E-state index contributed by atoms with van der Waals surface area (Å²) < 4.78 is 0. The Hall–Kier alpha value is -1.06. The minimum Gasteiger partial charge on any atom is -0.481 e. The summed E-state index contributed by atoms with van der Waals surface area (Å²) in [5.74, 6) is -0.969. The van der Waals surface area contributed by atoms with Crippen LogP contribution in [0.4, 0.5) is 0 Å². The molecule has 1 amide bonds. The van der Waals surface area contributed by atoms with Gasteiger partial charge in [-0.3, -0.25) is 9.59 Å². The molecule has 2 aliphatic rings. The number of carbonyl (C=O) groups excluding carboxylic acids is 1. The van der Waals surface area contributed by atoms with E-state index in [0.717, 1.165) is 25.9 Å². The molecule has 0 radical (unpaired) electrons. The maximum Gasteiger partial charge on any atom is 0.307 e. The number of carboxylic acids is 1. The van der Waals surface area contributed by atoms with E-state index < -0.39 is 11.9 Å². The standard InChI is InChI=1S/C16H27NO3/c1-15(2,3)10-6-8-17(9-7-10)13(18)11-12(14(19)20)16(11,4)5/h10-12H,6-9H2,1-5H3,(H,19,20)/t11-,12+/m1/s1. The second-order valence-corrected chi connectivity index (χ2v) is 8.08. The summed E-state index contributed by atoms with van der Waals surface area (Å²) in [5.41, 5.74) is -0.0959. The van der Waals surface area contributed by atoms with Gasteiger partial charge in [-0.1, -0.05) is 34.6 Å². The van der Waals surface area contributed by atoms with Gasteiger partial charge in [-0.2, -0.15) is 0 Å². The number of likely N-dealkylation sites (tertiary alicyclic amines) is 1. The molecular weight excluding hydrogens is 254 g/mol. The van der Waals surface area contributed by atoms with Crippen molar-refractivity contribution in [2.45, 2.75) is 47.5 Å². The Bertz CT molecular complexity index is 414. The minimum atomic E-state index is -0.835. The van der Waals surface area contributed by atoms with Crippen LogP contribution in [0.5, 0.6) is 0 Å². The maximum absolute atomic E-state index is 12.5. The van der Waals surface area contributed by atoms with Crippen molar-refractivity contribution >= 4 is 11.9 Å². The number of piperidine rings is 1. The number of hydrogen-bond acceptors (Lipinski definition) is 2. The number of rotatable bonds is 2. The van der Waals surface area contributed by atoms with Crippen LogP contribution >= 0.6 is 0 Å². The van der Waals surface area contributed by atoms with E-state index in [1.165, 1.54) is 0 Å². The second kappa shape index (κ2) is 4.74. The largest absolute Gasteiger partial charge is 0.481 e. The molecule has 0 aromatic heterocycles. The highest BCUT2D eigenvalue weighted by Crippen LogP contribution is 2.59. The Morgan fingerprint density at radius 2 is 1.60 bits per heavy atom. The van der Waals surface area contributed by atoms with Crippen LogP contribution in [0, 0.1) is 28.6 Å². The Morgan fingerprint density at radius 1 is 1.10 bits per heavy atom. The van der Waals surface area contributed by atoms with Gasteiger partial charge in [-0.05, 0) is 29.6 Å². The van der Waals surface area contributed by atoms with Gasteiger partial charge in [0.15, 0.2) is 0 Å². The van der Waals surface area contributed by atoms with E-state index in [4.69, 9.17) is 0 Å². The fourth-order valence-electron chi connectivity index (χ4n) is 3.72. The third-order valence-corrected chi connectivity index (χ3v) is 5.39. The van der Waals surface area contributed by atoms with Gasteiger partial charge in [0.25, 0.3) is 0 Å². The predicted molar refractivity (Wildman–Crippen MR) is 77.2 cm³/mol. The quantitative estimate of drug-likeness (QED) is 0.846. The molecule has 2 rings (SSSR count). The van der Waals surface area contributed by atoms with Crippen LogP contribution in [0.2, 0.25) is 0 Å². The van der Waals surface area contributed by atoms with E-state index in [9.17, 15) is 14.7 Å². The van der Waals surface area contributed by atoms with E-state index in [0.29, 0.717) is 5.92 Å². The van der Waals surface area contributed by atoms with E-state index in [-0.39, 0.29) is 22.7 Å². The fraction of sp³-hybridized carbons (Fsp3) is 0.875. The molecule has 0 unspecified atom stereocenters. The Balaban J connectivity index is 1.95. The lowest BCUT2D eigenvalue weighted by molar-refractivity contribution is -0.142. The highest BCUT2D eigenvalue weighted by atomic mass is 16.4. The van der Waals surface area contributed by atoms with Gasteiger partial charge < -0.3 is 10.0 Å². The highest BCUT2D eigenvalue weighted by Gasteiger charge is 2.66. The summed E-state index contributed by atoms with van der Waals surface area (Å²) in [6.45, 7) is 12.1. The monoisotopic (exact) mass is 281 g/mol. The molecule has 2 atom stereocenters. The zero-order valence-corrected chi connectivity index (χ0v) is 13.3. The SMILES string of the molecule is CC(C)(C)C1CCN(C(=O)[C@H]2[C@@H](C(=O)O)C2(C)C)CC1. The molecule has 0 spiro atoms. The van der Waals surface area contributed by atoms with Crippen molar-refractivity contribution in [2.24, 2.45) is 28.6 Å². The summed E-state index contributed by atoms with van der Waals surface area (Å²) >= 11 is 0. The lowest BCUT2D eigenvalue weighted by Gasteiger charge is -2.39. The first kappa shape index (κ1) is 15.3. The first-order valence-corrected chi connectivity index (χ1v) is 7.58. The first-order valence-electron chi connectivity index (χ1n) is 7.58. The lowest BCUT2D eigenvalue weighted by atomic mass is 9.75. The topological polar surface area (TPSA) is 57.6 Å². The normalized spacial score (nSPS) is 30.1. The van der Waals surface area contributed by atoms with Crippen LogP contribution in [0.25, 0.3) is 0 Å². The van der Waals surface area contributed by atoms with Crippen molar-refractivity contribution in [3.05, 3.63) is 0 Å². The van der Waals surface area contributed by atoms with Gasteiger partial charge in [0.1, 0.15) is 0 Å². The average molecular weight is 281 g/mol. The van der Waals surface area contributed by atoms with Crippen LogP contribution < -0.4 is 0 Å². The first-order chi connectivity index (χ1) is 9.06. The van der Waals surface area contributed by atoms with E-state index >= 15 is 0 Å². The van der Waals surface area contributed by atoms with Crippen molar-refractivity contribution in [1.82, 2.24) is 4.90 Å². The zero-order valence-electron chi connectivity index (χ0n) is 13.3. The third kappa shape index (κ3) is 2.57. The number of amides is 1. The fourth-order valence-corrected chi connectivity index (χ4v) is 3.72. The smallest absolute Gasteiger partial charge is 0.307 e. The molecule has 0 aromatic carbocycles. The number of carboxylic acid groups (broad SMARTS) is 1. The molecule has 1 aliphatic heterocycles. The molecule has 0 bridgehead atoms. The molecule has 1 aliphatic carbocycles. The summed E-state index contributed by atoms with van der Waals surface area (Å²) in [5, 5.41) is 9.18. The summed E-state index contributed by atoms with van der Waals surface area (Å²) in [4.78, 5) is 25.6. The predicted octanol–water partition coefficient (Wildman–Crippen LogP) is 2.63. The van der Waals surface area contributed by atoms with Gasteiger partial charge in [-0.25, -0.2) is 0 Å². The zero-order chi connectivity index (χ0) is 15.3. The molecular formula is C16H27NO3. The number of aliphatic carboxylic acids is 1.